The number of thiazole rings is 1. The molecule has 1 amide bonds. The topological polar surface area (TPSA) is 45.2 Å². The van der Waals surface area contributed by atoms with E-state index in [1.54, 1.807) is 5.51 Å². The van der Waals surface area contributed by atoms with Crippen LogP contribution in [0.5, 0.6) is 0 Å². The average molecular weight is 281 g/mol. The highest BCUT2D eigenvalue weighted by Crippen LogP contribution is 2.18. The lowest BCUT2D eigenvalue weighted by molar-refractivity contribution is 0.0926. The summed E-state index contributed by atoms with van der Waals surface area (Å²) in [4.78, 5) is 19.4. The fourth-order valence-electron chi connectivity index (χ4n) is 2.57. The fourth-order valence-corrected chi connectivity index (χ4v) is 3.29. The van der Waals surface area contributed by atoms with Gasteiger partial charge in [0, 0.05) is 19.1 Å². The third-order valence-corrected chi connectivity index (χ3v) is 4.71. The second-order valence-electron chi connectivity index (χ2n) is 5.57. The lowest BCUT2D eigenvalue weighted by Crippen LogP contribution is -2.43. The minimum atomic E-state index is 0.0293. The van der Waals surface area contributed by atoms with Gasteiger partial charge in [-0.3, -0.25) is 4.79 Å². The first kappa shape index (κ1) is 14.5. The van der Waals surface area contributed by atoms with Crippen LogP contribution in [0.1, 0.15) is 42.1 Å². The molecule has 5 heteroatoms. The first-order chi connectivity index (χ1) is 9.08. The third-order valence-electron chi connectivity index (χ3n) is 3.78. The monoisotopic (exact) mass is 281 g/mol. The summed E-state index contributed by atoms with van der Waals surface area (Å²) in [5.74, 6) is 0.606. The summed E-state index contributed by atoms with van der Waals surface area (Å²) in [6.45, 7) is 9.42. The minimum Gasteiger partial charge on any atom is -0.351 e. The number of piperidine rings is 1. The second-order valence-corrected chi connectivity index (χ2v) is 6.43. The molecule has 1 atom stereocenters. The smallest absolute Gasteiger partial charge is 0.263 e. The molecule has 1 aromatic rings. The summed E-state index contributed by atoms with van der Waals surface area (Å²) < 4.78 is 0. The van der Waals surface area contributed by atoms with E-state index in [1.807, 2.05) is 6.92 Å². The number of amides is 1. The second kappa shape index (κ2) is 6.48. The number of hydrogen-bond donors (Lipinski definition) is 1. The molecule has 0 aromatic carbocycles. The van der Waals surface area contributed by atoms with Gasteiger partial charge in [0.1, 0.15) is 4.88 Å². The molecule has 1 N–H and O–H groups in total. The molecule has 1 fully saturated rings. The van der Waals surface area contributed by atoms with Crippen molar-refractivity contribution in [2.45, 2.75) is 39.7 Å². The van der Waals surface area contributed by atoms with Crippen LogP contribution in [0.4, 0.5) is 0 Å². The summed E-state index contributed by atoms with van der Waals surface area (Å²) in [7, 11) is 0. The van der Waals surface area contributed by atoms with E-state index in [2.05, 4.69) is 29.0 Å². The largest absolute Gasteiger partial charge is 0.351 e. The zero-order chi connectivity index (χ0) is 13.8. The number of nitrogens with one attached hydrogen (secondary N) is 1. The Morgan fingerprint density at radius 3 is 3.05 bits per heavy atom. The van der Waals surface area contributed by atoms with Gasteiger partial charge in [0.25, 0.3) is 5.91 Å². The highest BCUT2D eigenvalue weighted by atomic mass is 32.1. The quantitative estimate of drug-likeness (QED) is 0.921. The maximum atomic E-state index is 12.0. The van der Waals surface area contributed by atoms with Gasteiger partial charge in [-0.25, -0.2) is 4.98 Å². The van der Waals surface area contributed by atoms with Gasteiger partial charge in [-0.1, -0.05) is 0 Å². The van der Waals surface area contributed by atoms with Gasteiger partial charge in [-0.2, -0.15) is 0 Å². The summed E-state index contributed by atoms with van der Waals surface area (Å²) in [6, 6.07) is 0.599. The lowest BCUT2D eigenvalue weighted by Gasteiger charge is -2.35. The molecule has 0 saturated carbocycles. The van der Waals surface area contributed by atoms with Crippen molar-refractivity contribution in [3.8, 4) is 0 Å². The van der Waals surface area contributed by atoms with E-state index in [9.17, 15) is 4.79 Å². The van der Waals surface area contributed by atoms with Crippen LogP contribution in [0.2, 0.25) is 0 Å². The molecule has 0 bridgehead atoms. The first-order valence-corrected chi connectivity index (χ1v) is 7.88. The Hall–Kier alpha value is -0.940. The van der Waals surface area contributed by atoms with Gasteiger partial charge in [-0.05, 0) is 46.1 Å². The first-order valence-electron chi connectivity index (χ1n) is 7.00. The minimum absolute atomic E-state index is 0.0293. The van der Waals surface area contributed by atoms with E-state index < -0.39 is 0 Å². The Balaban J connectivity index is 1.82. The van der Waals surface area contributed by atoms with Crippen LogP contribution in [0.15, 0.2) is 5.51 Å². The molecule has 1 aliphatic rings. The Bertz CT molecular complexity index is 430. The number of hydrogen-bond acceptors (Lipinski definition) is 4. The zero-order valence-electron chi connectivity index (χ0n) is 12.0. The van der Waals surface area contributed by atoms with E-state index in [1.165, 1.54) is 30.7 Å². The number of likely N-dealkylation sites (tertiary alicyclic amines) is 1. The highest BCUT2D eigenvalue weighted by Gasteiger charge is 2.22. The number of carbonyl (C=O) groups is 1. The molecule has 19 heavy (non-hydrogen) atoms. The molecule has 1 saturated heterocycles. The summed E-state index contributed by atoms with van der Waals surface area (Å²) in [6.07, 6.45) is 2.45. The molecule has 1 aromatic heterocycles. The van der Waals surface area contributed by atoms with Gasteiger partial charge in [0.2, 0.25) is 0 Å². The zero-order valence-corrected chi connectivity index (χ0v) is 12.8. The third kappa shape index (κ3) is 3.76. The van der Waals surface area contributed by atoms with Crippen LogP contribution in [0.3, 0.4) is 0 Å². The number of aryl methyl sites for hydroxylation is 1. The standard InChI is InChI=1S/C14H23N3OS/c1-10(2)17-6-4-5-12(8-17)7-15-14(18)13-11(3)16-9-19-13/h9-10,12H,4-8H2,1-3H3,(H,15,18)/t12-/m0/s1. The number of carbonyl (C=O) groups excluding carboxylic acids is 1. The van der Waals surface area contributed by atoms with Crippen LogP contribution in [-0.2, 0) is 0 Å². The molecule has 106 valence electrons. The summed E-state index contributed by atoms with van der Waals surface area (Å²) in [5, 5.41) is 3.06. The van der Waals surface area contributed by atoms with Crippen molar-refractivity contribution in [1.82, 2.24) is 15.2 Å². The van der Waals surface area contributed by atoms with Gasteiger partial charge >= 0.3 is 0 Å². The van der Waals surface area contributed by atoms with E-state index >= 15 is 0 Å². The van der Waals surface area contributed by atoms with Crippen molar-refractivity contribution in [2.24, 2.45) is 5.92 Å². The number of nitrogens with zero attached hydrogens (tertiary/aromatic N) is 2. The van der Waals surface area contributed by atoms with Crippen molar-refractivity contribution >= 4 is 17.2 Å². The van der Waals surface area contributed by atoms with Gasteiger partial charge in [-0.15, -0.1) is 11.3 Å². The van der Waals surface area contributed by atoms with Gasteiger partial charge in [0.05, 0.1) is 11.2 Å². The molecule has 2 rings (SSSR count). The van der Waals surface area contributed by atoms with Crippen molar-refractivity contribution in [2.75, 3.05) is 19.6 Å². The van der Waals surface area contributed by atoms with Crippen LogP contribution in [0, 0.1) is 12.8 Å². The SMILES string of the molecule is Cc1ncsc1C(=O)NC[C@@H]1CCCN(C(C)C)C1. The predicted octanol–water partition coefficient (Wildman–Crippen LogP) is 2.30. The average Bonchev–Trinajstić information content (AvgIpc) is 2.82. The van der Waals surface area contributed by atoms with E-state index in [4.69, 9.17) is 0 Å². The Kier molecular flexibility index (Phi) is 4.93. The maximum absolute atomic E-state index is 12.0. The molecule has 2 heterocycles. The molecule has 4 nitrogen and oxygen atoms in total. The van der Waals surface area contributed by atoms with Crippen molar-refractivity contribution in [1.29, 1.82) is 0 Å². The molecule has 0 radical (unpaired) electrons. The molecular weight excluding hydrogens is 258 g/mol. The van der Waals surface area contributed by atoms with E-state index in [-0.39, 0.29) is 5.91 Å². The molecule has 1 aliphatic heterocycles. The number of aromatic nitrogens is 1. The summed E-state index contributed by atoms with van der Waals surface area (Å²) >= 11 is 1.42. The van der Waals surface area contributed by atoms with Gasteiger partial charge in [0.15, 0.2) is 0 Å². The van der Waals surface area contributed by atoms with Crippen molar-refractivity contribution in [3.63, 3.8) is 0 Å². The van der Waals surface area contributed by atoms with Crippen molar-refractivity contribution < 1.29 is 4.79 Å². The van der Waals surface area contributed by atoms with E-state index in [0.717, 1.165) is 23.7 Å². The Labute approximate surface area is 119 Å². The van der Waals surface area contributed by atoms with Crippen LogP contribution in [0.25, 0.3) is 0 Å². The van der Waals surface area contributed by atoms with Crippen LogP contribution < -0.4 is 5.32 Å². The van der Waals surface area contributed by atoms with Gasteiger partial charge < -0.3 is 10.2 Å². The molecule has 0 spiro atoms. The van der Waals surface area contributed by atoms with E-state index in [0.29, 0.717) is 12.0 Å². The number of rotatable bonds is 4. The fraction of sp³-hybridized carbons (Fsp3) is 0.714. The highest BCUT2D eigenvalue weighted by molar-refractivity contribution is 7.11. The lowest BCUT2D eigenvalue weighted by atomic mass is 9.97. The molecular formula is C14H23N3OS. The Morgan fingerprint density at radius 1 is 1.63 bits per heavy atom. The normalized spacial score (nSPS) is 20.7. The molecule has 0 aliphatic carbocycles. The summed E-state index contributed by atoms with van der Waals surface area (Å²) in [5.41, 5.74) is 2.56. The maximum Gasteiger partial charge on any atom is 0.263 e. The molecule has 0 unspecified atom stereocenters. The van der Waals surface area contributed by atoms with Crippen LogP contribution >= 0.6 is 11.3 Å². The van der Waals surface area contributed by atoms with Crippen LogP contribution in [-0.4, -0.2) is 41.5 Å². The Morgan fingerprint density at radius 2 is 2.42 bits per heavy atom. The van der Waals surface area contributed by atoms with Crippen molar-refractivity contribution in [3.05, 3.63) is 16.1 Å². The predicted molar refractivity (Wildman–Crippen MR) is 78.6 cm³/mol.